The summed E-state index contributed by atoms with van der Waals surface area (Å²) < 4.78 is 0. The summed E-state index contributed by atoms with van der Waals surface area (Å²) >= 11 is 6.15. The molecule has 152 valence electrons. The molecule has 3 aromatic carbocycles. The first-order valence-electron chi connectivity index (χ1n) is 10.3. The van der Waals surface area contributed by atoms with Crippen molar-refractivity contribution in [2.75, 3.05) is 18.9 Å². The van der Waals surface area contributed by atoms with Crippen LogP contribution in [0.1, 0.15) is 28.7 Å². The van der Waals surface area contributed by atoms with Crippen LogP contribution in [0.3, 0.4) is 0 Å². The molecular formula is C26H25ClN2O. The van der Waals surface area contributed by atoms with E-state index in [2.05, 4.69) is 59.9 Å². The molecule has 0 radical (unpaired) electrons. The van der Waals surface area contributed by atoms with Crippen LogP contribution in [0.25, 0.3) is 5.57 Å². The van der Waals surface area contributed by atoms with Crippen LogP contribution in [-0.4, -0.2) is 24.5 Å². The van der Waals surface area contributed by atoms with Crippen molar-refractivity contribution in [3.8, 4) is 0 Å². The van der Waals surface area contributed by atoms with Gasteiger partial charge in [-0.3, -0.25) is 0 Å². The van der Waals surface area contributed by atoms with Crippen molar-refractivity contribution in [3.63, 3.8) is 0 Å². The first kappa shape index (κ1) is 20.2. The van der Waals surface area contributed by atoms with Gasteiger partial charge in [0, 0.05) is 13.6 Å². The third-order valence-corrected chi connectivity index (χ3v) is 5.88. The standard InChI is InChI=1S/C26H25ClN2O/c1-29(26(30)28-25-15-7-6-14-24(25)27)18-8-13-23-21-11-4-2-9-19(21)16-17-20-10-3-5-12-22(20)23/h2-7,9-15H,8,16-18H2,1H3,(H,28,30). The molecule has 1 aliphatic carbocycles. The predicted molar refractivity (Wildman–Crippen MR) is 125 cm³/mol. The monoisotopic (exact) mass is 416 g/mol. The molecule has 1 aliphatic rings. The summed E-state index contributed by atoms with van der Waals surface area (Å²) in [4.78, 5) is 14.2. The Morgan fingerprint density at radius 3 is 2.13 bits per heavy atom. The van der Waals surface area contributed by atoms with Crippen LogP contribution >= 0.6 is 11.6 Å². The number of nitrogens with one attached hydrogen (secondary N) is 1. The lowest BCUT2D eigenvalue weighted by Gasteiger charge is -2.18. The lowest BCUT2D eigenvalue weighted by atomic mass is 9.93. The molecule has 0 saturated carbocycles. The largest absolute Gasteiger partial charge is 0.327 e. The van der Waals surface area contributed by atoms with Gasteiger partial charge < -0.3 is 10.2 Å². The highest BCUT2D eigenvalue weighted by Crippen LogP contribution is 2.33. The molecule has 0 atom stereocenters. The number of anilines is 1. The summed E-state index contributed by atoms with van der Waals surface area (Å²) in [5.74, 6) is 0. The van der Waals surface area contributed by atoms with E-state index in [0.717, 1.165) is 19.3 Å². The molecule has 3 aromatic rings. The number of benzene rings is 3. The van der Waals surface area contributed by atoms with Crippen molar-refractivity contribution in [1.29, 1.82) is 0 Å². The van der Waals surface area contributed by atoms with E-state index in [9.17, 15) is 4.79 Å². The molecule has 0 aromatic heterocycles. The van der Waals surface area contributed by atoms with E-state index in [-0.39, 0.29) is 6.03 Å². The number of carbonyl (C=O) groups excluding carboxylic acids is 1. The molecule has 30 heavy (non-hydrogen) atoms. The second-order valence-corrected chi connectivity index (χ2v) is 7.96. The van der Waals surface area contributed by atoms with Gasteiger partial charge >= 0.3 is 6.03 Å². The SMILES string of the molecule is CN(CCC=C1c2ccccc2CCc2ccccc21)C(=O)Nc1ccccc1Cl. The number of nitrogens with zero attached hydrogens (tertiary/aromatic N) is 1. The summed E-state index contributed by atoms with van der Waals surface area (Å²) in [7, 11) is 1.81. The maximum absolute atomic E-state index is 12.5. The van der Waals surface area contributed by atoms with Gasteiger partial charge in [-0.2, -0.15) is 0 Å². The van der Waals surface area contributed by atoms with Crippen molar-refractivity contribution in [3.05, 3.63) is 106 Å². The number of aryl methyl sites for hydroxylation is 2. The van der Waals surface area contributed by atoms with Gasteiger partial charge in [0.1, 0.15) is 0 Å². The Hall–Kier alpha value is -3.04. The van der Waals surface area contributed by atoms with Crippen LogP contribution in [0.15, 0.2) is 78.9 Å². The average molecular weight is 417 g/mol. The summed E-state index contributed by atoms with van der Waals surface area (Å²) in [6, 6.07) is 24.4. The zero-order valence-electron chi connectivity index (χ0n) is 17.1. The molecular weight excluding hydrogens is 392 g/mol. The van der Waals surface area contributed by atoms with Crippen LogP contribution in [0.5, 0.6) is 0 Å². The zero-order chi connectivity index (χ0) is 20.9. The van der Waals surface area contributed by atoms with E-state index < -0.39 is 0 Å². The Labute approximate surface area is 183 Å². The number of para-hydroxylation sites is 1. The van der Waals surface area contributed by atoms with Gasteiger partial charge in [-0.25, -0.2) is 4.79 Å². The van der Waals surface area contributed by atoms with Crippen molar-refractivity contribution in [1.82, 2.24) is 4.90 Å². The molecule has 0 heterocycles. The maximum Gasteiger partial charge on any atom is 0.321 e. The number of rotatable bonds is 4. The first-order valence-corrected chi connectivity index (χ1v) is 10.6. The Kier molecular flexibility index (Phi) is 6.20. The average Bonchev–Trinajstić information content (AvgIpc) is 2.92. The molecule has 0 saturated heterocycles. The molecule has 1 N–H and O–H groups in total. The molecule has 0 aliphatic heterocycles. The summed E-state index contributed by atoms with van der Waals surface area (Å²) in [6.07, 6.45) is 5.13. The number of halogens is 1. The van der Waals surface area contributed by atoms with E-state index in [1.165, 1.54) is 27.8 Å². The highest BCUT2D eigenvalue weighted by molar-refractivity contribution is 6.33. The fraction of sp³-hybridized carbons (Fsp3) is 0.192. The fourth-order valence-electron chi connectivity index (χ4n) is 3.91. The van der Waals surface area contributed by atoms with Crippen molar-refractivity contribution in [2.45, 2.75) is 19.3 Å². The number of urea groups is 1. The van der Waals surface area contributed by atoms with Crippen LogP contribution in [-0.2, 0) is 12.8 Å². The van der Waals surface area contributed by atoms with E-state index in [4.69, 9.17) is 11.6 Å². The van der Waals surface area contributed by atoms with Crippen LogP contribution in [0, 0.1) is 0 Å². The van der Waals surface area contributed by atoms with Crippen molar-refractivity contribution in [2.24, 2.45) is 0 Å². The lowest BCUT2D eigenvalue weighted by molar-refractivity contribution is 0.223. The molecule has 4 rings (SSSR count). The number of hydrogen-bond donors (Lipinski definition) is 1. The number of hydrogen-bond acceptors (Lipinski definition) is 1. The van der Waals surface area contributed by atoms with E-state index in [0.29, 0.717) is 17.3 Å². The van der Waals surface area contributed by atoms with Crippen LogP contribution < -0.4 is 5.32 Å². The predicted octanol–water partition coefficient (Wildman–Crippen LogP) is 6.42. The number of carbonyl (C=O) groups is 1. The Morgan fingerprint density at radius 2 is 1.50 bits per heavy atom. The Balaban J connectivity index is 1.51. The third-order valence-electron chi connectivity index (χ3n) is 5.55. The van der Waals surface area contributed by atoms with Gasteiger partial charge in [0.25, 0.3) is 0 Å². The maximum atomic E-state index is 12.5. The highest BCUT2D eigenvalue weighted by Gasteiger charge is 2.17. The lowest BCUT2D eigenvalue weighted by Crippen LogP contribution is -2.32. The fourth-order valence-corrected chi connectivity index (χ4v) is 4.10. The molecule has 0 spiro atoms. The Morgan fingerprint density at radius 1 is 0.933 bits per heavy atom. The molecule has 0 unspecified atom stereocenters. The van der Waals surface area contributed by atoms with Gasteiger partial charge in [-0.15, -0.1) is 0 Å². The number of fused-ring (bicyclic) bond motifs is 2. The van der Waals surface area contributed by atoms with E-state index in [1.807, 2.05) is 12.1 Å². The smallest absolute Gasteiger partial charge is 0.321 e. The molecule has 2 amide bonds. The summed E-state index contributed by atoms with van der Waals surface area (Å²) in [5.41, 5.74) is 7.24. The Bertz CT molecular complexity index is 1040. The highest BCUT2D eigenvalue weighted by atomic mass is 35.5. The van der Waals surface area contributed by atoms with Gasteiger partial charge in [-0.1, -0.05) is 78.3 Å². The van der Waals surface area contributed by atoms with Crippen LogP contribution in [0.2, 0.25) is 5.02 Å². The van der Waals surface area contributed by atoms with Crippen molar-refractivity contribution >= 4 is 28.9 Å². The minimum Gasteiger partial charge on any atom is -0.327 e. The minimum atomic E-state index is -0.164. The summed E-state index contributed by atoms with van der Waals surface area (Å²) in [5, 5.41) is 3.41. The zero-order valence-corrected chi connectivity index (χ0v) is 17.8. The molecule has 0 bridgehead atoms. The first-order chi connectivity index (χ1) is 14.6. The van der Waals surface area contributed by atoms with Gasteiger partial charge in [0.2, 0.25) is 0 Å². The number of amides is 2. The van der Waals surface area contributed by atoms with Gasteiger partial charge in [0.05, 0.1) is 10.7 Å². The third kappa shape index (κ3) is 4.42. The normalized spacial score (nSPS) is 12.4. The molecule has 4 heteroatoms. The van der Waals surface area contributed by atoms with Gasteiger partial charge in [-0.05, 0) is 59.2 Å². The summed E-state index contributed by atoms with van der Waals surface area (Å²) in [6.45, 7) is 0.615. The minimum absolute atomic E-state index is 0.164. The van der Waals surface area contributed by atoms with E-state index >= 15 is 0 Å². The molecule has 0 fully saturated rings. The molecule has 3 nitrogen and oxygen atoms in total. The second kappa shape index (κ2) is 9.19. The quantitative estimate of drug-likeness (QED) is 0.522. The topological polar surface area (TPSA) is 32.3 Å². The van der Waals surface area contributed by atoms with Crippen molar-refractivity contribution < 1.29 is 4.79 Å². The van der Waals surface area contributed by atoms with E-state index in [1.54, 1.807) is 24.1 Å². The van der Waals surface area contributed by atoms with Crippen LogP contribution in [0.4, 0.5) is 10.5 Å². The second-order valence-electron chi connectivity index (χ2n) is 7.55. The van der Waals surface area contributed by atoms with Gasteiger partial charge in [0.15, 0.2) is 0 Å².